The molecule has 0 saturated heterocycles. The highest BCUT2D eigenvalue weighted by Gasteiger charge is 2.72. The molecule has 0 aliphatic carbocycles. The summed E-state index contributed by atoms with van der Waals surface area (Å²) < 4.78 is 82.8. The van der Waals surface area contributed by atoms with Gasteiger partial charge in [0.15, 0.2) is 0 Å². The van der Waals surface area contributed by atoms with Gasteiger partial charge < -0.3 is 0 Å². The Morgan fingerprint density at radius 1 is 0.800 bits per heavy atom. The van der Waals surface area contributed by atoms with Crippen molar-refractivity contribution in [2.45, 2.75) is 51.6 Å². The number of halogens is 7. The van der Waals surface area contributed by atoms with Gasteiger partial charge in [0.2, 0.25) is 0 Å². The zero-order valence-corrected chi connectivity index (χ0v) is 8.56. The van der Waals surface area contributed by atoms with Gasteiger partial charge in [-0.25, -0.2) is 0 Å². The fourth-order valence-electron chi connectivity index (χ4n) is 0.678. The van der Waals surface area contributed by atoms with Crippen LogP contribution in [-0.2, 0) is 0 Å². The van der Waals surface area contributed by atoms with E-state index < -0.39 is 30.9 Å². The molecular weight excluding hydrogens is 229 g/mol. The lowest BCUT2D eigenvalue weighted by Gasteiger charge is -2.27. The first kappa shape index (κ1) is 16.9. The normalized spacial score (nSPS) is 13.2. The Balaban J connectivity index is 0. The van der Waals surface area contributed by atoms with Crippen LogP contribution in [0.3, 0.4) is 0 Å². The Hall–Kier alpha value is -0.490. The zero-order valence-electron chi connectivity index (χ0n) is 8.56. The molecule has 94 valence electrons. The van der Waals surface area contributed by atoms with Gasteiger partial charge in [0.1, 0.15) is 0 Å². The molecule has 0 amide bonds. The molecule has 0 rings (SSSR count). The van der Waals surface area contributed by atoms with Crippen LogP contribution in [0.5, 0.6) is 0 Å². The Morgan fingerprint density at radius 2 is 1.13 bits per heavy atom. The van der Waals surface area contributed by atoms with E-state index in [1.807, 2.05) is 13.8 Å². The van der Waals surface area contributed by atoms with Gasteiger partial charge in [-0.15, -0.1) is 0 Å². The van der Waals surface area contributed by atoms with Gasteiger partial charge in [-0.3, -0.25) is 0 Å². The third-order valence-corrected chi connectivity index (χ3v) is 1.38. The summed E-state index contributed by atoms with van der Waals surface area (Å²) in [6.45, 7) is 5.10. The molecule has 7 heteroatoms. The van der Waals surface area contributed by atoms with Crippen molar-refractivity contribution in [3.63, 3.8) is 0 Å². The highest BCUT2D eigenvalue weighted by molar-refractivity contribution is 4.90. The molecule has 0 nitrogen and oxygen atoms in total. The highest BCUT2D eigenvalue weighted by atomic mass is 19.4. The molecule has 0 aliphatic rings. The van der Waals surface area contributed by atoms with Crippen LogP contribution < -0.4 is 0 Å². The van der Waals surface area contributed by atoms with E-state index in [2.05, 4.69) is 0 Å². The average molecular weight is 242 g/mol. The lowest BCUT2D eigenvalue weighted by Crippen LogP contribution is -2.51. The van der Waals surface area contributed by atoms with Crippen molar-refractivity contribution < 1.29 is 30.7 Å². The van der Waals surface area contributed by atoms with E-state index in [0.29, 0.717) is 0 Å². The third-order valence-electron chi connectivity index (χ3n) is 1.38. The van der Waals surface area contributed by atoms with Crippen LogP contribution in [0.2, 0.25) is 0 Å². The summed E-state index contributed by atoms with van der Waals surface area (Å²) in [4.78, 5) is 0. The maximum absolute atomic E-state index is 12.2. The lowest BCUT2D eigenvalue weighted by atomic mass is 10.1. The quantitative estimate of drug-likeness (QED) is 0.632. The van der Waals surface area contributed by atoms with Gasteiger partial charge in [0.05, 0.1) is 0 Å². The summed E-state index contributed by atoms with van der Waals surface area (Å²) in [6, 6.07) is 0. The number of rotatable bonds is 3. The molecule has 15 heavy (non-hydrogen) atoms. The number of alkyl halides is 7. The van der Waals surface area contributed by atoms with Crippen LogP contribution in [0, 0.1) is 0 Å². The molecule has 0 unspecified atom stereocenters. The Kier molecular flexibility index (Phi) is 6.27. The van der Waals surface area contributed by atoms with E-state index in [-0.39, 0.29) is 0 Å². The largest absolute Gasteiger partial charge is 0.459 e. The second kappa shape index (κ2) is 5.55. The van der Waals surface area contributed by atoms with Crippen LogP contribution in [-0.4, -0.2) is 18.0 Å². The predicted molar refractivity (Wildman–Crippen MR) is 42.2 cm³/mol. The van der Waals surface area contributed by atoms with E-state index in [1.54, 1.807) is 0 Å². The van der Waals surface area contributed by atoms with E-state index in [1.165, 1.54) is 0 Å². The average Bonchev–Trinajstić information content (AvgIpc) is 2.05. The van der Waals surface area contributed by atoms with Gasteiger partial charge >= 0.3 is 18.0 Å². The smallest absolute Gasteiger partial charge is 0.200 e. The summed E-state index contributed by atoms with van der Waals surface area (Å²) in [6.07, 6.45) is -8.14. The van der Waals surface area contributed by atoms with Crippen molar-refractivity contribution in [3.05, 3.63) is 0 Å². The van der Waals surface area contributed by atoms with E-state index >= 15 is 0 Å². The fraction of sp³-hybridized carbons (Fsp3) is 1.00. The minimum atomic E-state index is -6.20. The minimum absolute atomic E-state index is 0.446. The number of hydrogen-bond donors (Lipinski definition) is 0. The molecule has 0 spiro atoms. The first-order valence-corrected chi connectivity index (χ1v) is 4.38. The standard InChI is InChI=1S/C6H7F7.C2H6/c1-2-3-4(7,8)5(9,10)6(11,12)13;1-2/h2-3H2,1H3;1-2H3. The van der Waals surface area contributed by atoms with Crippen LogP contribution >= 0.6 is 0 Å². The molecule has 0 aromatic heterocycles. The lowest BCUT2D eigenvalue weighted by molar-refractivity contribution is -0.355. The second-order valence-corrected chi connectivity index (χ2v) is 2.53. The summed E-state index contributed by atoms with van der Waals surface area (Å²) >= 11 is 0. The topological polar surface area (TPSA) is 0 Å². The minimum Gasteiger partial charge on any atom is -0.200 e. The van der Waals surface area contributed by atoms with Crippen molar-refractivity contribution >= 4 is 0 Å². The van der Waals surface area contributed by atoms with E-state index in [4.69, 9.17) is 0 Å². The van der Waals surface area contributed by atoms with E-state index in [0.717, 1.165) is 6.92 Å². The van der Waals surface area contributed by atoms with Gasteiger partial charge in [0.25, 0.3) is 0 Å². The van der Waals surface area contributed by atoms with Crippen molar-refractivity contribution in [1.82, 2.24) is 0 Å². The summed E-state index contributed by atoms with van der Waals surface area (Å²) in [5.74, 6) is -11.0. The van der Waals surface area contributed by atoms with Crippen molar-refractivity contribution in [2.24, 2.45) is 0 Å². The molecule has 0 atom stereocenters. The van der Waals surface area contributed by atoms with Gasteiger partial charge in [-0.05, 0) is 0 Å². The molecule has 0 bridgehead atoms. The van der Waals surface area contributed by atoms with Crippen LogP contribution in [0.4, 0.5) is 30.7 Å². The maximum Gasteiger partial charge on any atom is 0.459 e. The molecule has 0 aliphatic heterocycles. The molecular formula is C8H13F7. The number of hydrogen-bond acceptors (Lipinski definition) is 0. The van der Waals surface area contributed by atoms with Crippen LogP contribution in [0.1, 0.15) is 33.6 Å². The molecule has 0 aromatic carbocycles. The maximum atomic E-state index is 12.2. The first-order chi connectivity index (χ1) is 6.56. The van der Waals surface area contributed by atoms with Gasteiger partial charge in [0, 0.05) is 6.42 Å². The highest BCUT2D eigenvalue weighted by Crippen LogP contribution is 2.48. The summed E-state index contributed by atoms with van der Waals surface area (Å²) in [5, 5.41) is 0. The van der Waals surface area contributed by atoms with Crippen molar-refractivity contribution in [2.75, 3.05) is 0 Å². The molecule has 0 fully saturated rings. The third kappa shape index (κ3) is 3.87. The van der Waals surface area contributed by atoms with E-state index in [9.17, 15) is 30.7 Å². The summed E-state index contributed by atoms with van der Waals surface area (Å²) in [7, 11) is 0. The monoisotopic (exact) mass is 242 g/mol. The Morgan fingerprint density at radius 3 is 1.33 bits per heavy atom. The Labute approximate surface area is 83.5 Å². The molecule has 0 radical (unpaired) electrons. The predicted octanol–water partition coefficient (Wildman–Crippen LogP) is 4.65. The fourth-order valence-corrected chi connectivity index (χ4v) is 0.678. The molecule has 0 aromatic rings. The van der Waals surface area contributed by atoms with Crippen molar-refractivity contribution in [1.29, 1.82) is 0 Å². The zero-order chi connectivity index (χ0) is 12.9. The van der Waals surface area contributed by atoms with Crippen molar-refractivity contribution in [3.8, 4) is 0 Å². The summed E-state index contributed by atoms with van der Waals surface area (Å²) in [5.41, 5.74) is 0. The second-order valence-electron chi connectivity index (χ2n) is 2.53. The Bertz CT molecular complexity index is 170. The first-order valence-electron chi connectivity index (χ1n) is 4.38. The molecule has 0 N–H and O–H groups in total. The SMILES string of the molecule is CC.CCCC(F)(F)C(F)(F)C(F)(F)F. The molecule has 0 heterocycles. The van der Waals surface area contributed by atoms with Crippen LogP contribution in [0.15, 0.2) is 0 Å². The van der Waals surface area contributed by atoms with Gasteiger partial charge in [-0.2, -0.15) is 30.7 Å². The molecule has 0 saturated carbocycles. The van der Waals surface area contributed by atoms with Gasteiger partial charge in [-0.1, -0.05) is 27.2 Å². The van der Waals surface area contributed by atoms with Crippen LogP contribution in [0.25, 0.3) is 0 Å².